The maximum absolute atomic E-state index is 12.3. The highest BCUT2D eigenvalue weighted by Crippen LogP contribution is 2.18. The molecule has 1 aromatic heterocycles. The molecule has 0 saturated carbocycles. The van der Waals surface area contributed by atoms with E-state index in [1.165, 1.54) is 0 Å². The largest absolute Gasteiger partial charge is 0.394 e. The molecule has 0 fully saturated rings. The van der Waals surface area contributed by atoms with Crippen LogP contribution in [0.4, 0.5) is 0 Å². The summed E-state index contributed by atoms with van der Waals surface area (Å²) in [5, 5.41) is 13.3. The van der Waals surface area contributed by atoms with Crippen molar-refractivity contribution in [1.82, 2.24) is 9.88 Å². The standard InChI is InChI=1S/C16H22N2O2/c1-11(2)8-13(10-19)17-16(20)15-9-12-6-4-5-7-14(12)18(15)3/h4-7,9,11,13,19H,8,10H2,1-3H3,(H,17,20). The molecule has 0 aliphatic rings. The van der Waals surface area contributed by atoms with Crippen molar-refractivity contribution in [2.24, 2.45) is 13.0 Å². The fraction of sp³-hybridized carbons (Fsp3) is 0.438. The first-order valence-corrected chi connectivity index (χ1v) is 6.99. The molecular weight excluding hydrogens is 252 g/mol. The molecule has 108 valence electrons. The van der Waals surface area contributed by atoms with Crippen molar-refractivity contribution >= 4 is 16.8 Å². The Bertz CT molecular complexity index is 602. The zero-order valence-electron chi connectivity index (χ0n) is 12.3. The van der Waals surface area contributed by atoms with Crippen LogP contribution >= 0.6 is 0 Å². The van der Waals surface area contributed by atoms with Gasteiger partial charge in [-0.05, 0) is 24.5 Å². The predicted octanol–water partition coefficient (Wildman–Crippen LogP) is 2.32. The smallest absolute Gasteiger partial charge is 0.268 e. The number of aromatic nitrogens is 1. The maximum atomic E-state index is 12.3. The van der Waals surface area contributed by atoms with Gasteiger partial charge in [-0.1, -0.05) is 32.0 Å². The zero-order chi connectivity index (χ0) is 14.7. The number of nitrogens with one attached hydrogen (secondary N) is 1. The number of amides is 1. The highest BCUT2D eigenvalue weighted by molar-refractivity contribution is 5.98. The third kappa shape index (κ3) is 3.02. The lowest BCUT2D eigenvalue weighted by Crippen LogP contribution is -2.39. The minimum absolute atomic E-state index is 0.0339. The van der Waals surface area contributed by atoms with Crippen LogP contribution in [-0.4, -0.2) is 28.2 Å². The monoisotopic (exact) mass is 274 g/mol. The summed E-state index contributed by atoms with van der Waals surface area (Å²) in [6.45, 7) is 4.12. The molecule has 1 atom stereocenters. The minimum atomic E-state index is -0.194. The van der Waals surface area contributed by atoms with Crippen LogP contribution in [0, 0.1) is 5.92 Å². The second-order valence-electron chi connectivity index (χ2n) is 5.63. The lowest BCUT2D eigenvalue weighted by molar-refractivity contribution is 0.0900. The van der Waals surface area contributed by atoms with Gasteiger partial charge in [-0.25, -0.2) is 0 Å². The molecule has 1 aromatic carbocycles. The molecule has 0 aliphatic heterocycles. The number of aliphatic hydroxyl groups is 1. The first kappa shape index (κ1) is 14.6. The molecule has 2 N–H and O–H groups in total. The molecule has 2 rings (SSSR count). The highest BCUT2D eigenvalue weighted by atomic mass is 16.3. The van der Waals surface area contributed by atoms with Gasteiger partial charge in [-0.3, -0.25) is 4.79 Å². The number of fused-ring (bicyclic) bond motifs is 1. The Kier molecular flexibility index (Phi) is 4.45. The number of carbonyl (C=O) groups is 1. The Labute approximate surface area is 119 Å². The Hall–Kier alpha value is -1.81. The van der Waals surface area contributed by atoms with Gasteiger partial charge in [0.25, 0.3) is 5.91 Å². The van der Waals surface area contributed by atoms with Gasteiger partial charge in [0, 0.05) is 18.0 Å². The Morgan fingerprint density at radius 3 is 2.65 bits per heavy atom. The summed E-state index contributed by atoms with van der Waals surface area (Å²) in [7, 11) is 1.88. The molecule has 0 spiro atoms. The quantitative estimate of drug-likeness (QED) is 0.879. The third-order valence-electron chi connectivity index (χ3n) is 3.50. The summed E-state index contributed by atoms with van der Waals surface area (Å²) in [6, 6.07) is 9.58. The van der Waals surface area contributed by atoms with Gasteiger partial charge in [0.2, 0.25) is 0 Å². The molecule has 4 nitrogen and oxygen atoms in total. The molecule has 1 heterocycles. The number of rotatable bonds is 5. The van der Waals surface area contributed by atoms with E-state index < -0.39 is 0 Å². The summed E-state index contributed by atoms with van der Waals surface area (Å²) in [5.74, 6) is 0.295. The van der Waals surface area contributed by atoms with Crippen LogP contribution in [0.2, 0.25) is 0 Å². The topological polar surface area (TPSA) is 54.3 Å². The molecule has 20 heavy (non-hydrogen) atoms. The van der Waals surface area contributed by atoms with E-state index in [-0.39, 0.29) is 18.6 Å². The molecule has 1 amide bonds. The number of hydrogen-bond donors (Lipinski definition) is 2. The first-order chi connectivity index (χ1) is 9.52. The number of aryl methyl sites for hydroxylation is 1. The van der Waals surface area contributed by atoms with Crippen molar-refractivity contribution < 1.29 is 9.90 Å². The van der Waals surface area contributed by atoms with Gasteiger partial charge in [0.1, 0.15) is 5.69 Å². The van der Waals surface area contributed by atoms with Crippen LogP contribution in [0.1, 0.15) is 30.8 Å². The van der Waals surface area contributed by atoms with E-state index >= 15 is 0 Å². The Morgan fingerprint density at radius 2 is 2.05 bits per heavy atom. The number of carbonyl (C=O) groups excluding carboxylic acids is 1. The normalized spacial score (nSPS) is 12.8. The van der Waals surface area contributed by atoms with E-state index in [0.29, 0.717) is 11.6 Å². The van der Waals surface area contributed by atoms with Crippen LogP contribution < -0.4 is 5.32 Å². The third-order valence-corrected chi connectivity index (χ3v) is 3.50. The average Bonchev–Trinajstić information content (AvgIpc) is 2.75. The Morgan fingerprint density at radius 1 is 1.35 bits per heavy atom. The SMILES string of the molecule is CC(C)CC(CO)NC(=O)c1cc2ccccc2n1C. The van der Waals surface area contributed by atoms with E-state index in [1.54, 1.807) is 0 Å². The van der Waals surface area contributed by atoms with Crippen molar-refractivity contribution in [3.05, 3.63) is 36.0 Å². The molecule has 2 aromatic rings. The summed E-state index contributed by atoms with van der Waals surface area (Å²) in [6.07, 6.45) is 0.770. The summed E-state index contributed by atoms with van der Waals surface area (Å²) in [5.41, 5.74) is 1.65. The fourth-order valence-corrected chi connectivity index (χ4v) is 2.51. The van der Waals surface area contributed by atoms with Crippen molar-refractivity contribution in [3.63, 3.8) is 0 Å². The van der Waals surface area contributed by atoms with E-state index in [9.17, 15) is 9.90 Å². The van der Waals surface area contributed by atoms with Gasteiger partial charge < -0.3 is 15.0 Å². The summed E-state index contributed by atoms with van der Waals surface area (Å²) >= 11 is 0. The molecule has 0 saturated heterocycles. The van der Waals surface area contributed by atoms with Gasteiger partial charge in [-0.2, -0.15) is 0 Å². The molecule has 4 heteroatoms. The molecule has 0 aliphatic carbocycles. The van der Waals surface area contributed by atoms with Crippen molar-refractivity contribution in [2.45, 2.75) is 26.3 Å². The zero-order valence-corrected chi connectivity index (χ0v) is 12.3. The lowest BCUT2D eigenvalue weighted by atomic mass is 10.0. The first-order valence-electron chi connectivity index (χ1n) is 6.99. The maximum Gasteiger partial charge on any atom is 0.268 e. The predicted molar refractivity (Wildman–Crippen MR) is 80.7 cm³/mol. The van der Waals surface area contributed by atoms with Crippen LogP contribution in [-0.2, 0) is 7.05 Å². The average molecular weight is 274 g/mol. The summed E-state index contributed by atoms with van der Waals surface area (Å²) < 4.78 is 1.88. The number of para-hydroxylation sites is 1. The van der Waals surface area contributed by atoms with Gasteiger partial charge in [-0.15, -0.1) is 0 Å². The second kappa shape index (κ2) is 6.09. The highest BCUT2D eigenvalue weighted by Gasteiger charge is 2.17. The van der Waals surface area contributed by atoms with E-state index in [4.69, 9.17) is 0 Å². The lowest BCUT2D eigenvalue weighted by Gasteiger charge is -2.18. The van der Waals surface area contributed by atoms with Crippen LogP contribution in [0.3, 0.4) is 0 Å². The van der Waals surface area contributed by atoms with Gasteiger partial charge in [0.15, 0.2) is 0 Å². The number of nitrogens with zero attached hydrogens (tertiary/aromatic N) is 1. The van der Waals surface area contributed by atoms with E-state index in [2.05, 4.69) is 19.2 Å². The van der Waals surface area contributed by atoms with E-state index in [0.717, 1.165) is 17.3 Å². The number of hydrogen-bond acceptors (Lipinski definition) is 2. The molecular formula is C16H22N2O2. The molecule has 0 radical (unpaired) electrons. The van der Waals surface area contributed by atoms with E-state index in [1.807, 2.05) is 41.9 Å². The van der Waals surface area contributed by atoms with Gasteiger partial charge in [0.05, 0.1) is 12.6 Å². The summed E-state index contributed by atoms with van der Waals surface area (Å²) in [4.78, 5) is 12.3. The van der Waals surface area contributed by atoms with Crippen LogP contribution in [0.5, 0.6) is 0 Å². The van der Waals surface area contributed by atoms with Crippen molar-refractivity contribution in [3.8, 4) is 0 Å². The second-order valence-corrected chi connectivity index (χ2v) is 5.63. The number of benzene rings is 1. The molecule has 1 unspecified atom stereocenters. The molecule has 0 bridgehead atoms. The number of aliphatic hydroxyl groups excluding tert-OH is 1. The minimum Gasteiger partial charge on any atom is -0.394 e. The Balaban J connectivity index is 2.20. The van der Waals surface area contributed by atoms with Crippen molar-refractivity contribution in [1.29, 1.82) is 0 Å². The fourth-order valence-electron chi connectivity index (χ4n) is 2.51. The van der Waals surface area contributed by atoms with Crippen LogP contribution in [0.25, 0.3) is 10.9 Å². The van der Waals surface area contributed by atoms with Crippen molar-refractivity contribution in [2.75, 3.05) is 6.61 Å². The van der Waals surface area contributed by atoms with Gasteiger partial charge >= 0.3 is 0 Å². The van der Waals surface area contributed by atoms with Crippen LogP contribution in [0.15, 0.2) is 30.3 Å².